The van der Waals surface area contributed by atoms with E-state index in [0.29, 0.717) is 41.3 Å². The van der Waals surface area contributed by atoms with Crippen molar-refractivity contribution in [3.63, 3.8) is 0 Å². The first-order valence-corrected chi connectivity index (χ1v) is 12.8. The van der Waals surface area contributed by atoms with Crippen molar-refractivity contribution in [2.45, 2.75) is 58.4 Å². The molecule has 0 saturated heterocycles. The number of hydrogen-bond donors (Lipinski definition) is 1. The Labute approximate surface area is 224 Å². The second kappa shape index (κ2) is 9.88. The molecule has 1 atom stereocenters. The maximum atomic E-state index is 13.4. The molecule has 1 fully saturated rings. The van der Waals surface area contributed by atoms with E-state index < -0.39 is 17.2 Å². The second-order valence-electron chi connectivity index (χ2n) is 10.4. The van der Waals surface area contributed by atoms with Gasteiger partial charge >= 0.3 is 6.18 Å². The molecule has 1 aliphatic heterocycles. The van der Waals surface area contributed by atoms with Gasteiger partial charge in [-0.2, -0.15) is 23.5 Å². The first-order chi connectivity index (χ1) is 18.5. The van der Waals surface area contributed by atoms with Gasteiger partial charge in [0.25, 0.3) is 5.91 Å². The summed E-state index contributed by atoms with van der Waals surface area (Å²) < 4.78 is 41.3. The normalized spacial score (nSPS) is 16.4. The zero-order chi connectivity index (χ0) is 27.9. The maximum Gasteiger partial charge on any atom is 0.416 e. The molecular formula is C29H28F3N5O2. The number of nitrogens with one attached hydrogen (secondary N) is 1. The molecule has 0 unspecified atom stereocenters. The number of carbonyl (C=O) groups is 2. The van der Waals surface area contributed by atoms with Gasteiger partial charge in [-0.15, -0.1) is 0 Å². The lowest BCUT2D eigenvalue weighted by atomic mass is 9.96. The number of aryl methyl sites for hydroxylation is 1. The van der Waals surface area contributed by atoms with Gasteiger partial charge in [0.2, 0.25) is 0 Å². The van der Waals surface area contributed by atoms with Crippen LogP contribution < -0.4 is 10.2 Å². The first-order valence-electron chi connectivity index (χ1n) is 12.8. The number of aromatic nitrogens is 2. The Morgan fingerprint density at radius 3 is 2.51 bits per heavy atom. The fourth-order valence-electron chi connectivity index (χ4n) is 5.05. The van der Waals surface area contributed by atoms with E-state index in [4.69, 9.17) is 0 Å². The molecular weight excluding hydrogens is 507 g/mol. The van der Waals surface area contributed by atoms with E-state index >= 15 is 0 Å². The van der Waals surface area contributed by atoms with Gasteiger partial charge in [-0.1, -0.05) is 36.4 Å². The molecule has 2 aromatic carbocycles. The highest BCUT2D eigenvalue weighted by molar-refractivity contribution is 6.01. The fraction of sp³-hybridized carbons (Fsp3) is 0.379. The molecule has 5 rings (SSSR count). The Bertz CT molecular complexity index is 1470. The van der Waals surface area contributed by atoms with E-state index in [9.17, 15) is 28.0 Å². The Morgan fingerprint density at radius 1 is 1.15 bits per heavy atom. The zero-order valence-electron chi connectivity index (χ0n) is 21.7. The molecule has 1 aromatic heterocycles. The van der Waals surface area contributed by atoms with Crippen molar-refractivity contribution in [1.29, 1.82) is 5.26 Å². The number of nitrogens with zero attached hydrogens (tertiary/aromatic N) is 4. The lowest BCUT2D eigenvalue weighted by Crippen LogP contribution is -2.29. The van der Waals surface area contributed by atoms with Crippen LogP contribution in [0.15, 0.2) is 48.5 Å². The average Bonchev–Trinajstić information content (AvgIpc) is 3.46. The molecule has 39 heavy (non-hydrogen) atoms. The average molecular weight is 536 g/mol. The van der Waals surface area contributed by atoms with E-state index in [0.717, 1.165) is 30.5 Å². The van der Waals surface area contributed by atoms with E-state index in [1.807, 2.05) is 11.8 Å². The van der Waals surface area contributed by atoms with Gasteiger partial charge in [-0.3, -0.25) is 9.59 Å². The van der Waals surface area contributed by atoms with Crippen LogP contribution >= 0.6 is 0 Å². The Hall–Kier alpha value is -4.13. The van der Waals surface area contributed by atoms with Gasteiger partial charge in [-0.05, 0) is 49.9 Å². The number of rotatable bonds is 8. The molecule has 0 spiro atoms. The minimum atomic E-state index is -4.43. The Kier molecular flexibility index (Phi) is 6.70. The molecule has 1 N–H and O–H groups in total. The molecule has 1 aliphatic carbocycles. The number of nitriles is 1. The number of alkyl halides is 3. The van der Waals surface area contributed by atoms with Crippen LogP contribution in [0.1, 0.15) is 75.3 Å². The van der Waals surface area contributed by atoms with Crippen LogP contribution in [0, 0.1) is 23.7 Å². The minimum absolute atomic E-state index is 0.0655. The fourth-order valence-corrected chi connectivity index (χ4v) is 5.05. The number of anilines is 1. The highest BCUT2D eigenvalue weighted by Gasteiger charge is 2.44. The summed E-state index contributed by atoms with van der Waals surface area (Å²) in [5.74, 6) is 0.188. The van der Waals surface area contributed by atoms with Crippen LogP contribution in [-0.2, 0) is 19.3 Å². The van der Waals surface area contributed by atoms with Crippen LogP contribution in [0.2, 0.25) is 0 Å². The maximum absolute atomic E-state index is 13.4. The van der Waals surface area contributed by atoms with Crippen LogP contribution in [0.25, 0.3) is 0 Å². The van der Waals surface area contributed by atoms with Gasteiger partial charge < -0.3 is 10.2 Å². The van der Waals surface area contributed by atoms with Crippen molar-refractivity contribution in [2.24, 2.45) is 5.41 Å². The third-order valence-electron chi connectivity index (χ3n) is 7.51. The molecule has 7 nitrogen and oxygen atoms in total. The summed E-state index contributed by atoms with van der Waals surface area (Å²) in [6.07, 6.45) is -2.70. The number of benzene rings is 2. The third-order valence-corrected chi connectivity index (χ3v) is 7.51. The van der Waals surface area contributed by atoms with E-state index in [2.05, 4.69) is 16.5 Å². The number of carbonyl (C=O) groups excluding carboxylic acids is 2. The van der Waals surface area contributed by atoms with E-state index in [1.54, 1.807) is 41.9 Å². The standard InChI is InChI=1S/C29H28F3N5O2/c1-18(21-6-8-22(9-7-21)24(38)15-28(17-33)10-11-28)34-26(39)25-19(2)35-37-13-12-36(27(25)37)16-20-4-3-5-23(14-20)29(30,31)32/h3-9,14,18H,10-13,15-16H2,1-2H3,(H,34,39)/t18-/m0/s1. The molecule has 202 valence electrons. The number of fused-ring (bicyclic) bond motifs is 1. The second-order valence-corrected chi connectivity index (χ2v) is 10.4. The van der Waals surface area contributed by atoms with Crippen molar-refractivity contribution in [2.75, 3.05) is 11.4 Å². The smallest absolute Gasteiger partial charge is 0.350 e. The van der Waals surface area contributed by atoms with Crippen LogP contribution in [0.3, 0.4) is 0 Å². The summed E-state index contributed by atoms with van der Waals surface area (Å²) in [6.45, 7) is 4.84. The van der Waals surface area contributed by atoms with Crippen LogP contribution in [0.4, 0.5) is 19.0 Å². The largest absolute Gasteiger partial charge is 0.416 e. The molecule has 0 bridgehead atoms. The molecule has 3 aromatic rings. The monoisotopic (exact) mass is 535 g/mol. The Balaban J connectivity index is 1.29. The predicted molar refractivity (Wildman–Crippen MR) is 138 cm³/mol. The summed E-state index contributed by atoms with van der Waals surface area (Å²) in [4.78, 5) is 27.8. The number of hydrogen-bond acceptors (Lipinski definition) is 5. The topological polar surface area (TPSA) is 91.0 Å². The van der Waals surface area contributed by atoms with Crippen molar-refractivity contribution in [3.05, 3.63) is 82.0 Å². The molecule has 2 heterocycles. The van der Waals surface area contributed by atoms with Gasteiger partial charge in [0.1, 0.15) is 11.4 Å². The van der Waals surface area contributed by atoms with Gasteiger partial charge in [-0.25, -0.2) is 4.68 Å². The van der Waals surface area contributed by atoms with Crippen molar-refractivity contribution in [3.8, 4) is 6.07 Å². The van der Waals surface area contributed by atoms with Crippen molar-refractivity contribution < 1.29 is 22.8 Å². The van der Waals surface area contributed by atoms with E-state index in [-0.39, 0.29) is 30.7 Å². The van der Waals surface area contributed by atoms with Gasteiger partial charge in [0, 0.05) is 25.1 Å². The lowest BCUT2D eigenvalue weighted by Gasteiger charge is -2.21. The highest BCUT2D eigenvalue weighted by atomic mass is 19.4. The van der Waals surface area contributed by atoms with Gasteiger partial charge in [0.05, 0.1) is 35.3 Å². The third kappa shape index (κ3) is 5.39. The van der Waals surface area contributed by atoms with Crippen molar-refractivity contribution in [1.82, 2.24) is 15.1 Å². The minimum Gasteiger partial charge on any atom is -0.350 e. The molecule has 1 saturated carbocycles. The summed E-state index contributed by atoms with van der Waals surface area (Å²) in [7, 11) is 0. The quantitative estimate of drug-likeness (QED) is 0.380. The predicted octanol–water partition coefficient (Wildman–Crippen LogP) is 5.60. The summed E-state index contributed by atoms with van der Waals surface area (Å²) >= 11 is 0. The molecule has 2 aliphatic rings. The summed E-state index contributed by atoms with van der Waals surface area (Å²) in [5, 5.41) is 16.7. The highest BCUT2D eigenvalue weighted by Crippen LogP contribution is 2.48. The lowest BCUT2D eigenvalue weighted by molar-refractivity contribution is -0.137. The molecule has 0 radical (unpaired) electrons. The van der Waals surface area contributed by atoms with Crippen LogP contribution in [0.5, 0.6) is 0 Å². The number of halogens is 3. The van der Waals surface area contributed by atoms with Crippen LogP contribution in [-0.4, -0.2) is 28.0 Å². The van der Waals surface area contributed by atoms with Gasteiger partial charge in [0.15, 0.2) is 5.78 Å². The number of amides is 1. The van der Waals surface area contributed by atoms with Crippen molar-refractivity contribution >= 4 is 17.5 Å². The summed E-state index contributed by atoms with van der Waals surface area (Å²) in [5.41, 5.74) is 1.56. The van der Waals surface area contributed by atoms with E-state index in [1.165, 1.54) is 6.07 Å². The number of Topliss-reactive ketones (excluding diaryl/α,β-unsaturated/α-hetero) is 1. The summed E-state index contributed by atoms with van der Waals surface area (Å²) in [6, 6.07) is 14.1. The molecule has 1 amide bonds. The number of ketones is 1. The SMILES string of the molecule is Cc1nn2c(c1C(=O)N[C@@H](C)c1ccc(C(=O)CC3(C#N)CC3)cc1)N(Cc1cccc(C(F)(F)F)c1)CC2. The Morgan fingerprint density at radius 2 is 1.87 bits per heavy atom. The molecule has 10 heteroatoms. The first kappa shape index (κ1) is 26.5. The zero-order valence-corrected chi connectivity index (χ0v) is 21.7.